The molecular weight excluding hydrogens is 422 g/mol. The van der Waals surface area contributed by atoms with Crippen LogP contribution in [0.25, 0.3) is 0 Å². The second-order valence-electron chi connectivity index (χ2n) is 6.30. The number of amides is 1. The number of hydrogen-bond acceptors (Lipinski definition) is 6. The van der Waals surface area contributed by atoms with Crippen molar-refractivity contribution in [1.82, 2.24) is 0 Å². The normalized spacial score (nSPS) is 12.2. The Kier molecular flexibility index (Phi) is 6.70. The number of carbonyl (C=O) groups is 1. The molecule has 0 heterocycles. The molecule has 0 unspecified atom stereocenters. The fourth-order valence-electron chi connectivity index (χ4n) is 2.67. The number of nitro groups is 1. The van der Waals surface area contributed by atoms with Crippen LogP contribution in [0.3, 0.4) is 0 Å². The van der Waals surface area contributed by atoms with Gasteiger partial charge in [-0.2, -0.15) is 0 Å². The number of ether oxygens (including phenoxy) is 1. The summed E-state index contributed by atoms with van der Waals surface area (Å²) in [4.78, 5) is 23.2. The van der Waals surface area contributed by atoms with Gasteiger partial charge in [0.15, 0.2) is 0 Å². The third kappa shape index (κ3) is 5.15. The average molecular weight is 442 g/mol. The molecule has 0 aliphatic carbocycles. The summed E-state index contributed by atoms with van der Waals surface area (Å²) in [6.07, 6.45) is 0.971. The maximum atomic E-state index is 12.8. The molecule has 2 aromatic rings. The molecule has 0 saturated carbocycles. The van der Waals surface area contributed by atoms with Gasteiger partial charge >= 0.3 is 0 Å². The number of halogens is 1. The Bertz CT molecular complexity index is 1060. The number of sulfonamides is 1. The van der Waals surface area contributed by atoms with Gasteiger partial charge in [-0.25, -0.2) is 8.42 Å². The molecule has 0 aliphatic rings. The Morgan fingerprint density at radius 3 is 2.45 bits per heavy atom. The molecule has 156 valence electrons. The lowest BCUT2D eigenvalue weighted by Gasteiger charge is -2.28. The monoisotopic (exact) mass is 441 g/mol. The predicted molar refractivity (Wildman–Crippen MR) is 111 cm³/mol. The molecule has 1 amide bonds. The van der Waals surface area contributed by atoms with E-state index < -0.39 is 26.9 Å². The molecular formula is C18H20ClN3O6S. The quantitative estimate of drug-likeness (QED) is 0.519. The van der Waals surface area contributed by atoms with Crippen molar-refractivity contribution in [3.63, 3.8) is 0 Å². The van der Waals surface area contributed by atoms with Gasteiger partial charge in [0.25, 0.3) is 5.69 Å². The van der Waals surface area contributed by atoms with Gasteiger partial charge in [0.05, 0.1) is 29.7 Å². The van der Waals surface area contributed by atoms with Crippen LogP contribution in [0.5, 0.6) is 5.75 Å². The zero-order chi connectivity index (χ0) is 21.9. The van der Waals surface area contributed by atoms with Crippen molar-refractivity contribution >= 4 is 44.6 Å². The first kappa shape index (κ1) is 22.4. The highest BCUT2D eigenvalue weighted by molar-refractivity contribution is 7.92. The minimum Gasteiger partial charge on any atom is -0.495 e. The topological polar surface area (TPSA) is 119 Å². The third-order valence-corrected chi connectivity index (χ3v) is 5.80. The minimum atomic E-state index is -3.85. The molecule has 0 bridgehead atoms. The van der Waals surface area contributed by atoms with E-state index in [2.05, 4.69) is 5.32 Å². The maximum Gasteiger partial charge on any atom is 0.271 e. The van der Waals surface area contributed by atoms with Crippen LogP contribution < -0.4 is 14.4 Å². The Balaban J connectivity index is 2.41. The van der Waals surface area contributed by atoms with E-state index in [0.717, 1.165) is 22.2 Å². The lowest BCUT2D eigenvalue weighted by Crippen LogP contribution is -2.45. The fourth-order valence-corrected chi connectivity index (χ4v) is 4.01. The molecule has 0 spiro atoms. The van der Waals surface area contributed by atoms with Crippen molar-refractivity contribution in [2.75, 3.05) is 23.0 Å². The first-order valence-corrected chi connectivity index (χ1v) is 10.6. The Labute approximate surface area is 173 Å². The van der Waals surface area contributed by atoms with E-state index in [0.29, 0.717) is 5.02 Å². The largest absolute Gasteiger partial charge is 0.495 e. The summed E-state index contributed by atoms with van der Waals surface area (Å²) in [6, 6.07) is 7.17. The van der Waals surface area contributed by atoms with Gasteiger partial charge in [0.1, 0.15) is 11.8 Å². The van der Waals surface area contributed by atoms with Crippen LogP contribution in [0, 0.1) is 17.0 Å². The van der Waals surface area contributed by atoms with E-state index in [1.165, 1.54) is 32.2 Å². The molecule has 0 saturated heterocycles. The van der Waals surface area contributed by atoms with E-state index in [1.807, 2.05) is 0 Å². The summed E-state index contributed by atoms with van der Waals surface area (Å²) in [5, 5.41) is 13.9. The van der Waals surface area contributed by atoms with Crippen molar-refractivity contribution in [1.29, 1.82) is 0 Å². The number of hydrogen-bond donors (Lipinski definition) is 1. The van der Waals surface area contributed by atoms with E-state index in [4.69, 9.17) is 16.3 Å². The standard InChI is InChI=1S/C18H20ClN3O6S/c1-11-5-6-13(9-15(11)19)21(29(4,26)27)12(2)18(23)20-16-10-14(22(24)25)7-8-17(16)28-3/h5-10,12H,1-4H3,(H,20,23)/t12-/m1/s1. The van der Waals surface area contributed by atoms with Gasteiger partial charge in [-0.3, -0.25) is 19.2 Å². The van der Waals surface area contributed by atoms with E-state index in [1.54, 1.807) is 19.1 Å². The van der Waals surface area contributed by atoms with Gasteiger partial charge < -0.3 is 10.1 Å². The summed E-state index contributed by atoms with van der Waals surface area (Å²) in [5.74, 6) is -0.508. The molecule has 1 N–H and O–H groups in total. The highest BCUT2D eigenvalue weighted by atomic mass is 35.5. The van der Waals surface area contributed by atoms with E-state index in [9.17, 15) is 23.3 Å². The highest BCUT2D eigenvalue weighted by Gasteiger charge is 2.30. The summed E-state index contributed by atoms with van der Waals surface area (Å²) in [7, 11) is -2.50. The summed E-state index contributed by atoms with van der Waals surface area (Å²) in [5.41, 5.74) is 0.770. The molecule has 1 atom stereocenters. The number of benzene rings is 2. The molecule has 11 heteroatoms. The van der Waals surface area contributed by atoms with Crippen molar-refractivity contribution < 1.29 is 22.9 Å². The van der Waals surface area contributed by atoms with Crippen LogP contribution in [0.1, 0.15) is 12.5 Å². The average Bonchev–Trinajstić information content (AvgIpc) is 2.63. The number of aryl methyl sites for hydroxylation is 1. The molecule has 9 nitrogen and oxygen atoms in total. The van der Waals surface area contributed by atoms with Crippen LogP contribution in [-0.2, 0) is 14.8 Å². The minimum absolute atomic E-state index is 0.0499. The van der Waals surface area contributed by atoms with E-state index in [-0.39, 0.29) is 22.8 Å². The van der Waals surface area contributed by atoms with E-state index >= 15 is 0 Å². The predicted octanol–water partition coefficient (Wildman–Crippen LogP) is 3.36. The van der Waals surface area contributed by atoms with Crippen molar-refractivity contribution in [2.24, 2.45) is 0 Å². The highest BCUT2D eigenvalue weighted by Crippen LogP contribution is 2.30. The number of nitrogens with one attached hydrogen (secondary N) is 1. The molecule has 2 rings (SSSR count). The maximum absolute atomic E-state index is 12.8. The van der Waals surface area contributed by atoms with Crippen molar-refractivity contribution in [3.05, 3.63) is 57.1 Å². The number of anilines is 2. The molecule has 0 aliphatic heterocycles. The number of methoxy groups -OCH3 is 1. The third-order valence-electron chi connectivity index (χ3n) is 4.15. The van der Waals surface area contributed by atoms with Crippen LogP contribution in [-0.4, -0.2) is 38.7 Å². The molecule has 0 fully saturated rings. The molecule has 0 aromatic heterocycles. The summed E-state index contributed by atoms with van der Waals surface area (Å²) in [6.45, 7) is 3.16. The molecule has 29 heavy (non-hydrogen) atoms. The second kappa shape index (κ2) is 8.66. The first-order valence-electron chi connectivity index (χ1n) is 8.34. The van der Waals surface area contributed by atoms with Crippen LogP contribution >= 0.6 is 11.6 Å². The summed E-state index contributed by atoms with van der Waals surface area (Å²) < 4.78 is 30.8. The first-order chi connectivity index (χ1) is 13.5. The van der Waals surface area contributed by atoms with Crippen molar-refractivity contribution in [2.45, 2.75) is 19.9 Å². The Hall–Kier alpha value is -2.85. The molecule has 2 aromatic carbocycles. The van der Waals surface area contributed by atoms with Crippen molar-refractivity contribution in [3.8, 4) is 5.75 Å². The second-order valence-corrected chi connectivity index (χ2v) is 8.57. The van der Waals surface area contributed by atoms with Gasteiger partial charge in [-0.1, -0.05) is 17.7 Å². The fraction of sp³-hybridized carbons (Fsp3) is 0.278. The summed E-state index contributed by atoms with van der Waals surface area (Å²) >= 11 is 6.11. The number of non-ortho nitro benzene ring substituents is 1. The number of nitrogens with zero attached hydrogens (tertiary/aromatic N) is 2. The zero-order valence-electron chi connectivity index (χ0n) is 16.2. The van der Waals surface area contributed by atoms with Gasteiger partial charge in [0, 0.05) is 17.2 Å². The zero-order valence-corrected chi connectivity index (χ0v) is 17.7. The number of carbonyl (C=O) groups excluding carboxylic acids is 1. The lowest BCUT2D eigenvalue weighted by atomic mass is 10.2. The SMILES string of the molecule is COc1ccc([N+](=O)[O-])cc1NC(=O)[C@@H](C)N(c1ccc(C)c(Cl)c1)S(C)(=O)=O. The number of rotatable bonds is 7. The van der Waals surface area contributed by atoms with Gasteiger partial charge in [0.2, 0.25) is 15.9 Å². The van der Waals surface area contributed by atoms with Crippen LogP contribution in [0.4, 0.5) is 17.1 Å². The van der Waals surface area contributed by atoms with Crippen LogP contribution in [0.2, 0.25) is 5.02 Å². The lowest BCUT2D eigenvalue weighted by molar-refractivity contribution is -0.384. The Morgan fingerprint density at radius 2 is 1.93 bits per heavy atom. The van der Waals surface area contributed by atoms with Gasteiger partial charge in [-0.05, 0) is 37.6 Å². The smallest absolute Gasteiger partial charge is 0.271 e. The molecule has 0 radical (unpaired) electrons. The van der Waals surface area contributed by atoms with Crippen LogP contribution in [0.15, 0.2) is 36.4 Å². The Morgan fingerprint density at radius 1 is 1.28 bits per heavy atom. The number of nitro benzene ring substituents is 1. The van der Waals surface area contributed by atoms with Gasteiger partial charge in [-0.15, -0.1) is 0 Å².